The van der Waals surface area contributed by atoms with E-state index in [-0.39, 0.29) is 6.09 Å². The van der Waals surface area contributed by atoms with Gasteiger partial charge in [-0.25, -0.2) is 4.79 Å². The molecule has 0 radical (unpaired) electrons. The molecular weight excluding hydrogens is 286 g/mol. The van der Waals surface area contributed by atoms with Crippen LogP contribution < -0.4 is 0 Å². The molecule has 0 aliphatic carbocycles. The van der Waals surface area contributed by atoms with Gasteiger partial charge in [0.2, 0.25) is 0 Å². The first-order valence-electron chi connectivity index (χ1n) is 8.88. The molecule has 3 heteroatoms. The van der Waals surface area contributed by atoms with E-state index in [2.05, 4.69) is 37.3 Å². The smallest absolute Gasteiger partial charge is 0.410 e. The number of rotatable bonds is 4. The Morgan fingerprint density at radius 1 is 1.22 bits per heavy atom. The van der Waals surface area contributed by atoms with E-state index >= 15 is 0 Å². The fourth-order valence-electron chi connectivity index (χ4n) is 3.16. The van der Waals surface area contributed by atoms with Gasteiger partial charge in [-0.1, -0.05) is 37.3 Å². The zero-order valence-corrected chi connectivity index (χ0v) is 15.0. The van der Waals surface area contributed by atoms with Gasteiger partial charge in [0.1, 0.15) is 5.60 Å². The van der Waals surface area contributed by atoms with Gasteiger partial charge < -0.3 is 9.64 Å². The lowest BCUT2D eigenvalue weighted by Gasteiger charge is -2.33. The Balaban J connectivity index is 1.72. The van der Waals surface area contributed by atoms with Gasteiger partial charge in [-0.05, 0) is 63.9 Å². The Hall–Kier alpha value is -1.51. The molecule has 1 aromatic carbocycles. The summed E-state index contributed by atoms with van der Waals surface area (Å²) in [6, 6.07) is 10.7. The van der Waals surface area contributed by atoms with Crippen LogP contribution in [0.2, 0.25) is 0 Å². The summed E-state index contributed by atoms with van der Waals surface area (Å²) in [5, 5.41) is 0. The number of piperidine rings is 1. The molecule has 1 atom stereocenters. The summed E-state index contributed by atoms with van der Waals surface area (Å²) in [5.41, 5.74) is 1.03. The predicted octanol–water partition coefficient (Wildman–Crippen LogP) is 5.22. The molecule has 0 aromatic heterocycles. The molecule has 1 unspecified atom stereocenters. The topological polar surface area (TPSA) is 29.5 Å². The molecule has 1 amide bonds. The third-order valence-corrected chi connectivity index (χ3v) is 4.64. The summed E-state index contributed by atoms with van der Waals surface area (Å²) >= 11 is 0. The van der Waals surface area contributed by atoms with E-state index in [1.54, 1.807) is 0 Å². The molecule has 0 N–H and O–H groups in total. The molecule has 0 spiro atoms. The first kappa shape index (κ1) is 17.8. The van der Waals surface area contributed by atoms with Crippen molar-refractivity contribution < 1.29 is 9.53 Å². The fraction of sp³-hybridized carbons (Fsp3) is 0.650. The average molecular weight is 317 g/mol. The number of ether oxygens (including phenoxy) is 1. The van der Waals surface area contributed by atoms with Gasteiger partial charge >= 0.3 is 6.09 Å². The summed E-state index contributed by atoms with van der Waals surface area (Å²) in [5.74, 6) is 1.35. The highest BCUT2D eigenvalue weighted by Gasteiger charge is 2.26. The second-order valence-corrected chi connectivity index (χ2v) is 7.80. The van der Waals surface area contributed by atoms with Crippen molar-refractivity contribution in [3.63, 3.8) is 0 Å². The van der Waals surface area contributed by atoms with E-state index in [9.17, 15) is 4.79 Å². The first-order valence-corrected chi connectivity index (χ1v) is 8.88. The zero-order valence-electron chi connectivity index (χ0n) is 15.0. The van der Waals surface area contributed by atoms with Crippen LogP contribution in [0, 0.1) is 5.92 Å². The van der Waals surface area contributed by atoms with Crippen LogP contribution in [0.3, 0.4) is 0 Å². The molecule has 1 aliphatic rings. The highest BCUT2D eigenvalue weighted by atomic mass is 16.6. The van der Waals surface area contributed by atoms with Gasteiger partial charge in [0.15, 0.2) is 0 Å². The summed E-state index contributed by atoms with van der Waals surface area (Å²) in [6.07, 6.45) is 4.51. The molecular formula is C20H31NO2. The lowest BCUT2D eigenvalue weighted by atomic mass is 9.87. The number of hydrogen-bond acceptors (Lipinski definition) is 2. The molecule has 0 bridgehead atoms. The average Bonchev–Trinajstić information content (AvgIpc) is 2.52. The monoisotopic (exact) mass is 317 g/mol. The van der Waals surface area contributed by atoms with Crippen LogP contribution in [-0.4, -0.2) is 29.7 Å². The van der Waals surface area contributed by atoms with Crippen molar-refractivity contribution in [3.05, 3.63) is 35.9 Å². The van der Waals surface area contributed by atoms with Crippen molar-refractivity contribution >= 4 is 6.09 Å². The number of carbonyl (C=O) groups is 1. The lowest BCUT2D eigenvalue weighted by Crippen LogP contribution is -2.41. The minimum absolute atomic E-state index is 0.159. The van der Waals surface area contributed by atoms with E-state index < -0.39 is 5.60 Å². The Morgan fingerprint density at radius 3 is 2.39 bits per heavy atom. The zero-order chi connectivity index (χ0) is 16.9. The molecule has 1 saturated heterocycles. The lowest BCUT2D eigenvalue weighted by molar-refractivity contribution is 0.0180. The van der Waals surface area contributed by atoms with Crippen LogP contribution in [0.5, 0.6) is 0 Å². The van der Waals surface area contributed by atoms with Gasteiger partial charge in [-0.3, -0.25) is 0 Å². The second kappa shape index (κ2) is 7.85. The number of likely N-dealkylation sites (tertiary alicyclic amines) is 1. The van der Waals surface area contributed by atoms with E-state index in [4.69, 9.17) is 4.74 Å². The Morgan fingerprint density at radius 2 is 1.83 bits per heavy atom. The number of nitrogens with zero attached hydrogens (tertiary/aromatic N) is 1. The minimum atomic E-state index is -0.404. The number of amides is 1. The molecule has 2 rings (SSSR count). The minimum Gasteiger partial charge on any atom is -0.444 e. The van der Waals surface area contributed by atoms with Gasteiger partial charge in [0.05, 0.1) is 0 Å². The van der Waals surface area contributed by atoms with E-state index in [1.165, 1.54) is 18.4 Å². The van der Waals surface area contributed by atoms with Crippen LogP contribution in [0.4, 0.5) is 4.79 Å². The van der Waals surface area contributed by atoms with E-state index in [0.29, 0.717) is 5.92 Å². The molecule has 0 saturated carbocycles. The van der Waals surface area contributed by atoms with E-state index in [1.807, 2.05) is 25.7 Å². The maximum absolute atomic E-state index is 12.1. The van der Waals surface area contributed by atoms with Gasteiger partial charge in [0, 0.05) is 13.1 Å². The van der Waals surface area contributed by atoms with Crippen molar-refractivity contribution in [1.82, 2.24) is 4.90 Å². The summed E-state index contributed by atoms with van der Waals surface area (Å²) < 4.78 is 5.46. The van der Waals surface area contributed by atoms with Crippen molar-refractivity contribution in [2.45, 2.75) is 64.9 Å². The molecule has 1 aliphatic heterocycles. The van der Waals surface area contributed by atoms with Crippen LogP contribution in [0.25, 0.3) is 0 Å². The third kappa shape index (κ3) is 5.89. The Labute approximate surface area is 141 Å². The van der Waals surface area contributed by atoms with Crippen molar-refractivity contribution in [2.75, 3.05) is 13.1 Å². The maximum Gasteiger partial charge on any atom is 0.410 e. The van der Waals surface area contributed by atoms with Crippen LogP contribution in [0.15, 0.2) is 30.3 Å². The fourth-order valence-corrected chi connectivity index (χ4v) is 3.16. The second-order valence-electron chi connectivity index (χ2n) is 7.80. The van der Waals surface area contributed by atoms with Crippen molar-refractivity contribution in [3.8, 4) is 0 Å². The first-order chi connectivity index (χ1) is 10.8. The van der Waals surface area contributed by atoms with Gasteiger partial charge in [0.25, 0.3) is 0 Å². The van der Waals surface area contributed by atoms with Crippen molar-refractivity contribution in [1.29, 1.82) is 0 Å². The largest absolute Gasteiger partial charge is 0.444 e. The van der Waals surface area contributed by atoms with Gasteiger partial charge in [-0.15, -0.1) is 0 Å². The Bertz CT molecular complexity index is 484. The summed E-state index contributed by atoms with van der Waals surface area (Å²) in [7, 11) is 0. The van der Waals surface area contributed by atoms with Crippen LogP contribution >= 0.6 is 0 Å². The highest BCUT2D eigenvalue weighted by molar-refractivity contribution is 5.68. The van der Waals surface area contributed by atoms with Gasteiger partial charge in [-0.2, -0.15) is 0 Å². The standard InChI is InChI=1S/C20H31NO2/c1-16(18-8-6-5-7-9-18)10-11-17-12-14-21(15-13-17)19(22)23-20(2,3)4/h5-9,16-17H,10-15H2,1-4H3. The number of carbonyl (C=O) groups excluding carboxylic acids is 1. The predicted molar refractivity (Wildman–Crippen MR) is 94.6 cm³/mol. The molecule has 3 nitrogen and oxygen atoms in total. The quantitative estimate of drug-likeness (QED) is 0.762. The van der Waals surface area contributed by atoms with Crippen molar-refractivity contribution in [2.24, 2.45) is 5.92 Å². The summed E-state index contributed by atoms with van der Waals surface area (Å²) in [6.45, 7) is 9.73. The molecule has 128 valence electrons. The van der Waals surface area contributed by atoms with E-state index in [0.717, 1.165) is 31.8 Å². The summed E-state index contributed by atoms with van der Waals surface area (Å²) in [4.78, 5) is 13.9. The maximum atomic E-state index is 12.1. The Kier molecular flexibility index (Phi) is 6.09. The normalized spacial score (nSPS) is 17.8. The number of hydrogen-bond donors (Lipinski definition) is 0. The highest BCUT2D eigenvalue weighted by Crippen LogP contribution is 2.28. The SMILES string of the molecule is CC(CCC1CCN(C(=O)OC(C)(C)C)CC1)c1ccccc1. The van der Waals surface area contributed by atoms with Crippen LogP contribution in [0.1, 0.15) is 64.9 Å². The molecule has 23 heavy (non-hydrogen) atoms. The van der Waals surface area contributed by atoms with Crippen LogP contribution in [-0.2, 0) is 4.74 Å². The number of benzene rings is 1. The molecule has 1 heterocycles. The third-order valence-electron chi connectivity index (χ3n) is 4.64. The molecule has 1 aromatic rings. The molecule has 1 fully saturated rings.